The SMILES string of the molecule is COC(=O)C[C@@H]1CCc2cc(OCCCOc3ccc(-c4nc(C(F)(F)F)ns4)cc3C)ccc21. The predicted octanol–water partition coefficient (Wildman–Crippen LogP) is 5.97. The summed E-state index contributed by atoms with van der Waals surface area (Å²) in [5.74, 6) is 0.332. The highest BCUT2D eigenvalue weighted by molar-refractivity contribution is 7.09. The van der Waals surface area contributed by atoms with Gasteiger partial charge in [0.1, 0.15) is 16.5 Å². The number of aromatic nitrogens is 2. The molecule has 3 aromatic rings. The summed E-state index contributed by atoms with van der Waals surface area (Å²) in [4.78, 5) is 15.2. The summed E-state index contributed by atoms with van der Waals surface area (Å²) >= 11 is 0.718. The fourth-order valence-electron chi connectivity index (χ4n) is 4.10. The maximum atomic E-state index is 12.7. The Morgan fingerprint density at radius 2 is 1.94 bits per heavy atom. The molecule has 0 saturated heterocycles. The van der Waals surface area contributed by atoms with Gasteiger partial charge < -0.3 is 14.2 Å². The highest BCUT2D eigenvalue weighted by Crippen LogP contribution is 2.37. The summed E-state index contributed by atoms with van der Waals surface area (Å²) in [5.41, 5.74) is 3.76. The summed E-state index contributed by atoms with van der Waals surface area (Å²) in [6.45, 7) is 2.74. The van der Waals surface area contributed by atoms with Crippen molar-refractivity contribution in [3.8, 4) is 22.1 Å². The highest BCUT2D eigenvalue weighted by Gasteiger charge is 2.36. The van der Waals surface area contributed by atoms with Crippen molar-refractivity contribution in [3.05, 3.63) is 58.9 Å². The van der Waals surface area contributed by atoms with Crippen LogP contribution in [0.15, 0.2) is 36.4 Å². The molecule has 6 nitrogen and oxygen atoms in total. The first-order valence-electron chi connectivity index (χ1n) is 11.2. The molecule has 1 aliphatic rings. The number of rotatable bonds is 9. The quantitative estimate of drug-likeness (QED) is 0.263. The lowest BCUT2D eigenvalue weighted by Gasteiger charge is -2.12. The number of aryl methyl sites for hydroxylation is 2. The predicted molar refractivity (Wildman–Crippen MR) is 125 cm³/mol. The van der Waals surface area contributed by atoms with Crippen molar-refractivity contribution in [1.29, 1.82) is 0 Å². The molecule has 0 radical (unpaired) electrons. The molecule has 1 aliphatic carbocycles. The average Bonchev–Trinajstić information content (AvgIpc) is 3.47. The Kier molecular flexibility index (Phi) is 7.59. The Morgan fingerprint density at radius 3 is 2.66 bits per heavy atom. The maximum Gasteiger partial charge on any atom is 0.452 e. The number of hydrogen-bond acceptors (Lipinski definition) is 7. The molecule has 1 atom stereocenters. The molecule has 0 amide bonds. The van der Waals surface area contributed by atoms with Crippen LogP contribution in [-0.4, -0.2) is 35.7 Å². The van der Waals surface area contributed by atoms with Crippen LogP contribution in [0.5, 0.6) is 11.5 Å². The summed E-state index contributed by atoms with van der Waals surface area (Å²) in [7, 11) is 1.41. The smallest absolute Gasteiger partial charge is 0.452 e. The van der Waals surface area contributed by atoms with E-state index in [1.807, 2.05) is 25.1 Å². The minimum Gasteiger partial charge on any atom is -0.493 e. The second-order valence-corrected chi connectivity index (χ2v) is 9.08. The van der Waals surface area contributed by atoms with E-state index in [4.69, 9.17) is 14.2 Å². The van der Waals surface area contributed by atoms with Crippen molar-refractivity contribution < 1.29 is 32.2 Å². The lowest BCUT2D eigenvalue weighted by molar-refractivity contribution is -0.144. The first-order valence-corrected chi connectivity index (χ1v) is 12.0. The van der Waals surface area contributed by atoms with E-state index in [0.29, 0.717) is 37.4 Å². The molecular weight excluding hydrogens is 481 g/mol. The molecule has 10 heteroatoms. The van der Waals surface area contributed by atoms with E-state index >= 15 is 0 Å². The van der Waals surface area contributed by atoms with Gasteiger partial charge in [0.15, 0.2) is 0 Å². The van der Waals surface area contributed by atoms with E-state index in [0.717, 1.165) is 35.7 Å². The summed E-state index contributed by atoms with van der Waals surface area (Å²) in [5, 5.41) is 0.214. The Balaban J connectivity index is 1.25. The number of halogens is 3. The van der Waals surface area contributed by atoms with E-state index in [2.05, 4.69) is 9.36 Å². The molecule has 4 rings (SSSR count). The number of hydrogen-bond donors (Lipinski definition) is 0. The zero-order valence-electron chi connectivity index (χ0n) is 19.4. The number of nitrogens with zero attached hydrogens (tertiary/aromatic N) is 2. The molecule has 0 bridgehead atoms. The minimum atomic E-state index is -4.55. The second kappa shape index (κ2) is 10.6. The third kappa shape index (κ3) is 6.11. The van der Waals surface area contributed by atoms with Crippen molar-refractivity contribution in [2.45, 2.75) is 44.7 Å². The summed E-state index contributed by atoms with van der Waals surface area (Å²) in [6.07, 6.45) is -1.64. The normalized spacial score (nSPS) is 15.1. The Hall–Kier alpha value is -3.14. The van der Waals surface area contributed by atoms with Crippen molar-refractivity contribution in [2.24, 2.45) is 0 Å². The Bertz CT molecular complexity index is 1200. The lowest BCUT2D eigenvalue weighted by Crippen LogP contribution is -2.07. The number of benzene rings is 2. The van der Waals surface area contributed by atoms with Crippen molar-refractivity contribution >= 4 is 17.5 Å². The zero-order chi connectivity index (χ0) is 25.0. The van der Waals surface area contributed by atoms with Crippen molar-refractivity contribution in [3.63, 3.8) is 0 Å². The monoisotopic (exact) mass is 506 g/mol. The number of carbonyl (C=O) groups is 1. The highest BCUT2D eigenvalue weighted by atomic mass is 32.1. The number of alkyl halides is 3. The topological polar surface area (TPSA) is 70.5 Å². The molecule has 1 heterocycles. The molecule has 0 unspecified atom stereocenters. The average molecular weight is 507 g/mol. The lowest BCUT2D eigenvalue weighted by atomic mass is 9.98. The third-order valence-electron chi connectivity index (χ3n) is 5.87. The molecule has 0 spiro atoms. The molecule has 0 fully saturated rings. The van der Waals surface area contributed by atoms with Crippen LogP contribution in [0.2, 0.25) is 0 Å². The Morgan fingerprint density at radius 1 is 1.14 bits per heavy atom. The van der Waals surface area contributed by atoms with Crippen LogP contribution in [0.3, 0.4) is 0 Å². The first-order chi connectivity index (χ1) is 16.7. The van der Waals surface area contributed by atoms with Crippen molar-refractivity contribution in [1.82, 2.24) is 9.36 Å². The van der Waals surface area contributed by atoms with Gasteiger partial charge in [0.05, 0.1) is 26.7 Å². The molecule has 1 aromatic heterocycles. The molecule has 0 saturated carbocycles. The van der Waals surface area contributed by atoms with Crippen LogP contribution in [0.25, 0.3) is 10.6 Å². The van der Waals surface area contributed by atoms with Gasteiger partial charge in [0.2, 0.25) is 5.82 Å². The van der Waals surface area contributed by atoms with Crippen LogP contribution in [0.1, 0.15) is 47.7 Å². The number of esters is 1. The maximum absolute atomic E-state index is 12.7. The standard InChI is InChI=1S/C25H25F3N2O4S/c1-15-12-18(23-29-24(30-35-23)25(26,27)28)6-9-21(15)34-11-3-10-33-19-7-8-20-16(13-19)4-5-17(20)14-22(31)32-2/h6-9,12-13,17H,3-5,10-11,14H2,1-2H3/t17-/m0/s1. The van der Waals surface area contributed by atoms with Gasteiger partial charge in [-0.3, -0.25) is 4.79 Å². The van der Waals surface area contributed by atoms with E-state index in [1.165, 1.54) is 18.2 Å². The van der Waals surface area contributed by atoms with Gasteiger partial charge in [-0.15, -0.1) is 0 Å². The van der Waals surface area contributed by atoms with Gasteiger partial charge >= 0.3 is 12.1 Å². The molecule has 2 aromatic carbocycles. The molecule has 186 valence electrons. The van der Waals surface area contributed by atoms with Crippen LogP contribution >= 0.6 is 11.5 Å². The molecule has 0 aliphatic heterocycles. The van der Waals surface area contributed by atoms with E-state index in [1.54, 1.807) is 18.2 Å². The van der Waals surface area contributed by atoms with Crippen LogP contribution < -0.4 is 9.47 Å². The van der Waals surface area contributed by atoms with Gasteiger partial charge in [0.25, 0.3) is 0 Å². The second-order valence-electron chi connectivity index (χ2n) is 8.33. The van der Waals surface area contributed by atoms with Gasteiger partial charge in [-0.05, 0) is 84.2 Å². The number of fused-ring (bicyclic) bond motifs is 1. The number of ether oxygens (including phenoxy) is 3. The zero-order valence-corrected chi connectivity index (χ0v) is 20.2. The summed E-state index contributed by atoms with van der Waals surface area (Å²) < 4.78 is 58.1. The van der Waals surface area contributed by atoms with Crippen LogP contribution in [0.4, 0.5) is 13.2 Å². The van der Waals surface area contributed by atoms with Crippen LogP contribution in [0, 0.1) is 6.92 Å². The fraction of sp³-hybridized carbons (Fsp3) is 0.400. The third-order valence-corrected chi connectivity index (χ3v) is 6.64. The molecule has 35 heavy (non-hydrogen) atoms. The van der Waals surface area contributed by atoms with Crippen LogP contribution in [-0.2, 0) is 22.1 Å². The number of carbonyl (C=O) groups excluding carboxylic acids is 1. The van der Waals surface area contributed by atoms with E-state index < -0.39 is 12.0 Å². The van der Waals surface area contributed by atoms with Gasteiger partial charge in [-0.25, -0.2) is 4.98 Å². The van der Waals surface area contributed by atoms with Gasteiger partial charge in [-0.1, -0.05) is 6.07 Å². The fourth-order valence-corrected chi connectivity index (χ4v) is 4.78. The largest absolute Gasteiger partial charge is 0.493 e. The van der Waals surface area contributed by atoms with Gasteiger partial charge in [-0.2, -0.15) is 17.5 Å². The van der Waals surface area contributed by atoms with E-state index in [-0.39, 0.29) is 16.9 Å². The molecule has 0 N–H and O–H groups in total. The molecular formula is C25H25F3N2O4S. The van der Waals surface area contributed by atoms with E-state index in [9.17, 15) is 18.0 Å². The minimum absolute atomic E-state index is 0.191. The Labute approximate surface area is 205 Å². The van der Waals surface area contributed by atoms with Crippen molar-refractivity contribution in [2.75, 3.05) is 20.3 Å². The number of methoxy groups -OCH3 is 1. The summed E-state index contributed by atoms with van der Waals surface area (Å²) in [6, 6.07) is 11.1. The first kappa shape index (κ1) is 25.0. The van der Waals surface area contributed by atoms with Gasteiger partial charge in [0, 0.05) is 12.0 Å².